The van der Waals surface area contributed by atoms with Crippen LogP contribution in [0, 0.1) is 6.92 Å². The van der Waals surface area contributed by atoms with Crippen molar-refractivity contribution in [2.24, 2.45) is 0 Å². The number of fused-ring (bicyclic) bond motifs is 1. The predicted octanol–water partition coefficient (Wildman–Crippen LogP) is 5.94. The zero-order chi connectivity index (χ0) is 25.2. The van der Waals surface area contributed by atoms with Gasteiger partial charge in [0, 0.05) is 35.8 Å². The maximum Gasteiger partial charge on any atom is 0.416 e. The fourth-order valence-corrected chi connectivity index (χ4v) is 4.22. The van der Waals surface area contributed by atoms with Crippen molar-refractivity contribution < 1.29 is 27.8 Å². The molecule has 182 valence electrons. The first-order chi connectivity index (χ1) is 16.7. The molecule has 1 aromatic heterocycles. The Bertz CT molecular complexity index is 1350. The zero-order valence-electron chi connectivity index (χ0n) is 19.3. The molecule has 0 radical (unpaired) electrons. The van der Waals surface area contributed by atoms with Crippen LogP contribution in [-0.4, -0.2) is 22.8 Å². The predicted molar refractivity (Wildman–Crippen MR) is 127 cm³/mol. The summed E-state index contributed by atoms with van der Waals surface area (Å²) in [6.07, 6.45) is -2.68. The summed E-state index contributed by atoms with van der Waals surface area (Å²) in [4.78, 5) is 12.3. The average molecular weight is 483 g/mol. The van der Waals surface area contributed by atoms with E-state index in [1.54, 1.807) is 13.3 Å². The highest BCUT2D eigenvalue weighted by molar-refractivity contribution is 5.91. The van der Waals surface area contributed by atoms with Crippen LogP contribution in [0.3, 0.4) is 0 Å². The molecule has 4 aromatic rings. The summed E-state index contributed by atoms with van der Waals surface area (Å²) in [5.74, 6) is -0.506. The van der Waals surface area contributed by atoms with Gasteiger partial charge in [-0.05, 0) is 41.8 Å². The summed E-state index contributed by atoms with van der Waals surface area (Å²) in [5, 5.41) is 13.7. The van der Waals surface area contributed by atoms with E-state index in [1.807, 2.05) is 54.0 Å². The number of aromatic nitrogens is 1. The van der Waals surface area contributed by atoms with E-state index in [0.29, 0.717) is 28.8 Å². The number of methoxy groups -OCH3 is 1. The number of ether oxygens (including phenoxy) is 1. The van der Waals surface area contributed by atoms with Gasteiger partial charge >= 0.3 is 12.1 Å². The highest BCUT2D eigenvalue weighted by Gasteiger charge is 2.30. The van der Waals surface area contributed by atoms with Crippen molar-refractivity contribution in [2.45, 2.75) is 32.2 Å². The number of benzene rings is 3. The van der Waals surface area contributed by atoms with Crippen LogP contribution in [0.25, 0.3) is 10.9 Å². The Balaban J connectivity index is 1.73. The van der Waals surface area contributed by atoms with Gasteiger partial charge in [-0.25, -0.2) is 0 Å². The number of carboxylic acids is 1. The van der Waals surface area contributed by atoms with Gasteiger partial charge < -0.3 is 14.4 Å². The fourth-order valence-electron chi connectivity index (χ4n) is 4.22. The molecule has 0 saturated heterocycles. The third-order valence-corrected chi connectivity index (χ3v) is 5.95. The number of aryl methyl sites for hydroxylation is 1. The third-order valence-electron chi connectivity index (χ3n) is 5.95. The van der Waals surface area contributed by atoms with Crippen LogP contribution in [0.15, 0.2) is 72.9 Å². The molecule has 8 heteroatoms. The molecule has 2 N–H and O–H groups in total. The number of alkyl halides is 3. The monoisotopic (exact) mass is 482 g/mol. The van der Waals surface area contributed by atoms with E-state index in [-0.39, 0.29) is 6.54 Å². The fraction of sp³-hybridized carbons (Fsp3) is 0.222. The molecule has 3 aromatic carbocycles. The summed E-state index contributed by atoms with van der Waals surface area (Å²) >= 11 is 0. The van der Waals surface area contributed by atoms with Gasteiger partial charge in [0.2, 0.25) is 0 Å². The smallest absolute Gasteiger partial charge is 0.416 e. The Morgan fingerprint density at radius 3 is 2.43 bits per heavy atom. The van der Waals surface area contributed by atoms with Gasteiger partial charge in [0.05, 0.1) is 12.7 Å². The highest BCUT2D eigenvalue weighted by atomic mass is 19.4. The van der Waals surface area contributed by atoms with Crippen LogP contribution < -0.4 is 10.1 Å². The van der Waals surface area contributed by atoms with Crippen LogP contribution in [0.5, 0.6) is 5.75 Å². The van der Waals surface area contributed by atoms with E-state index in [1.165, 1.54) is 12.1 Å². The van der Waals surface area contributed by atoms with Gasteiger partial charge in [0.25, 0.3) is 0 Å². The molecule has 5 nitrogen and oxygen atoms in total. The third kappa shape index (κ3) is 5.33. The lowest BCUT2D eigenvalue weighted by atomic mass is 10.0. The summed E-state index contributed by atoms with van der Waals surface area (Å²) < 4.78 is 46.7. The van der Waals surface area contributed by atoms with Crippen LogP contribution in [-0.2, 0) is 24.1 Å². The standard InChI is InChI=1S/C27H25F3N2O3/c1-17-11-23-21(13-24(17)35-2)22(16-32(23)15-18-7-4-3-5-8-18)25(26(33)34)31-14-19-9-6-10-20(12-19)27(28,29)30/h3-13,16,25,31H,14-15H2,1-2H3,(H,33,34). The van der Waals surface area contributed by atoms with Crippen molar-refractivity contribution in [3.63, 3.8) is 0 Å². The van der Waals surface area contributed by atoms with Crippen LogP contribution in [0.4, 0.5) is 13.2 Å². The Morgan fingerprint density at radius 1 is 1.06 bits per heavy atom. The summed E-state index contributed by atoms with van der Waals surface area (Å²) in [5.41, 5.74) is 2.87. The number of carboxylic acid groups (broad SMARTS) is 1. The minimum absolute atomic E-state index is 0.0464. The molecule has 1 heterocycles. The number of halogens is 3. The molecule has 4 rings (SSSR count). The average Bonchev–Trinajstić information content (AvgIpc) is 3.15. The van der Waals surface area contributed by atoms with E-state index < -0.39 is 23.8 Å². The second kappa shape index (κ2) is 9.84. The minimum atomic E-state index is -4.47. The van der Waals surface area contributed by atoms with Gasteiger partial charge in [0.15, 0.2) is 0 Å². The molecule has 35 heavy (non-hydrogen) atoms. The molecule has 0 aliphatic heterocycles. The molecule has 0 aliphatic rings. The van der Waals surface area contributed by atoms with Gasteiger partial charge in [-0.2, -0.15) is 13.2 Å². The van der Waals surface area contributed by atoms with E-state index in [2.05, 4.69) is 5.32 Å². The Labute approximate surface area is 200 Å². The van der Waals surface area contributed by atoms with Crippen molar-refractivity contribution in [2.75, 3.05) is 7.11 Å². The summed E-state index contributed by atoms with van der Waals surface area (Å²) in [6, 6.07) is 17.3. The molecular weight excluding hydrogens is 457 g/mol. The van der Waals surface area contributed by atoms with E-state index >= 15 is 0 Å². The van der Waals surface area contributed by atoms with Crippen molar-refractivity contribution in [1.29, 1.82) is 0 Å². The van der Waals surface area contributed by atoms with Crippen molar-refractivity contribution >= 4 is 16.9 Å². The molecule has 0 spiro atoms. The molecule has 0 amide bonds. The number of hydrogen-bond donors (Lipinski definition) is 2. The number of carbonyl (C=O) groups is 1. The lowest BCUT2D eigenvalue weighted by Crippen LogP contribution is -2.28. The van der Waals surface area contributed by atoms with Crippen molar-refractivity contribution in [3.8, 4) is 5.75 Å². The summed E-state index contributed by atoms with van der Waals surface area (Å²) in [6.45, 7) is 2.40. The van der Waals surface area contributed by atoms with E-state index in [0.717, 1.165) is 28.8 Å². The largest absolute Gasteiger partial charge is 0.496 e. The van der Waals surface area contributed by atoms with Crippen molar-refractivity contribution in [1.82, 2.24) is 9.88 Å². The molecule has 0 saturated carbocycles. The number of nitrogens with one attached hydrogen (secondary N) is 1. The van der Waals surface area contributed by atoms with E-state index in [4.69, 9.17) is 4.74 Å². The number of aliphatic carboxylic acids is 1. The van der Waals surface area contributed by atoms with Crippen LogP contribution in [0.1, 0.15) is 33.9 Å². The molecule has 0 fully saturated rings. The number of nitrogens with zero attached hydrogens (tertiary/aromatic N) is 1. The first-order valence-corrected chi connectivity index (χ1v) is 11.0. The lowest BCUT2D eigenvalue weighted by Gasteiger charge is -2.15. The minimum Gasteiger partial charge on any atom is -0.496 e. The number of hydrogen-bond acceptors (Lipinski definition) is 3. The van der Waals surface area contributed by atoms with Gasteiger partial charge in [-0.15, -0.1) is 0 Å². The van der Waals surface area contributed by atoms with Crippen molar-refractivity contribution in [3.05, 3.63) is 101 Å². The molecule has 0 bridgehead atoms. The quantitative estimate of drug-likeness (QED) is 0.326. The molecule has 1 atom stereocenters. The lowest BCUT2D eigenvalue weighted by molar-refractivity contribution is -0.140. The summed E-state index contributed by atoms with van der Waals surface area (Å²) in [7, 11) is 1.55. The SMILES string of the molecule is COc1cc2c(C(NCc3cccc(C(F)(F)F)c3)C(=O)O)cn(Cc3ccccc3)c2cc1C. The maximum absolute atomic E-state index is 13.1. The first kappa shape index (κ1) is 24.3. The Hall–Kier alpha value is -3.78. The topological polar surface area (TPSA) is 63.5 Å². The Kier molecular flexibility index (Phi) is 6.84. The molecular formula is C27H25F3N2O3. The normalized spacial score (nSPS) is 12.6. The number of rotatable bonds is 8. The van der Waals surface area contributed by atoms with Gasteiger partial charge in [0.1, 0.15) is 11.8 Å². The molecule has 0 aliphatic carbocycles. The second-order valence-corrected chi connectivity index (χ2v) is 8.39. The van der Waals surface area contributed by atoms with Gasteiger partial charge in [-0.1, -0.05) is 48.5 Å². The maximum atomic E-state index is 13.1. The first-order valence-electron chi connectivity index (χ1n) is 11.0. The van der Waals surface area contributed by atoms with E-state index in [9.17, 15) is 23.1 Å². The van der Waals surface area contributed by atoms with Crippen LogP contribution in [0.2, 0.25) is 0 Å². The zero-order valence-corrected chi connectivity index (χ0v) is 19.3. The van der Waals surface area contributed by atoms with Crippen LogP contribution >= 0.6 is 0 Å². The molecule has 1 unspecified atom stereocenters. The van der Waals surface area contributed by atoms with Gasteiger partial charge in [-0.3, -0.25) is 10.1 Å². The highest BCUT2D eigenvalue weighted by Crippen LogP contribution is 2.34. The Morgan fingerprint density at radius 2 is 1.77 bits per heavy atom. The second-order valence-electron chi connectivity index (χ2n) is 8.39.